The van der Waals surface area contributed by atoms with Crippen molar-refractivity contribution in [2.75, 3.05) is 11.5 Å². The Morgan fingerprint density at radius 3 is 1.48 bits per heavy atom. The molecule has 0 fully saturated rings. The Labute approximate surface area is 160 Å². The van der Waals surface area contributed by atoms with Crippen LogP contribution in [0.25, 0.3) is 0 Å². The molecule has 0 aromatic heterocycles. The van der Waals surface area contributed by atoms with Gasteiger partial charge in [0.2, 0.25) is 0 Å². The Kier molecular flexibility index (Phi) is 19.9. The summed E-state index contributed by atoms with van der Waals surface area (Å²) in [4.78, 5) is 10.6. The average molecular weight is 374 g/mol. The number of hydrogen-bond acceptors (Lipinski definition) is 3. The molecule has 0 aliphatic rings. The summed E-state index contributed by atoms with van der Waals surface area (Å²) in [7, 11) is 0. The third-order valence-corrected chi connectivity index (χ3v) is 5.93. The normalized spacial score (nSPS) is 12.4. The number of hydrogen-bond donors (Lipinski definition) is 2. The molecule has 25 heavy (non-hydrogen) atoms. The van der Waals surface area contributed by atoms with E-state index in [1.54, 1.807) is 11.8 Å². The van der Waals surface area contributed by atoms with Gasteiger partial charge in [-0.2, -0.15) is 11.8 Å². The molecule has 1 atom stereocenters. The summed E-state index contributed by atoms with van der Waals surface area (Å²) in [6, 6.07) is -0.703. The summed E-state index contributed by atoms with van der Waals surface area (Å²) in [5.74, 6) is 0.688. The minimum atomic E-state index is -0.889. The van der Waals surface area contributed by atoms with Gasteiger partial charge in [-0.15, -0.1) is 0 Å². The first-order chi connectivity index (χ1) is 12.2. The molecular formula is C21H43NO2S. The van der Waals surface area contributed by atoms with Gasteiger partial charge in [0.15, 0.2) is 0 Å². The predicted octanol–water partition coefficient (Wildman–Crippen LogP) is 6.39. The van der Waals surface area contributed by atoms with Crippen LogP contribution >= 0.6 is 11.8 Å². The van der Waals surface area contributed by atoms with Gasteiger partial charge >= 0.3 is 5.97 Å². The van der Waals surface area contributed by atoms with Crippen LogP contribution in [0.1, 0.15) is 110 Å². The lowest BCUT2D eigenvalue weighted by Crippen LogP contribution is -2.32. The third kappa shape index (κ3) is 19.9. The van der Waals surface area contributed by atoms with Crippen molar-refractivity contribution in [1.82, 2.24) is 0 Å². The molecule has 3 nitrogen and oxygen atoms in total. The van der Waals surface area contributed by atoms with E-state index in [-0.39, 0.29) is 0 Å². The van der Waals surface area contributed by atoms with Crippen LogP contribution in [-0.4, -0.2) is 28.6 Å². The summed E-state index contributed by atoms with van der Waals surface area (Å²) in [6.45, 7) is 2.28. The molecule has 0 saturated carbocycles. The highest BCUT2D eigenvalue weighted by Crippen LogP contribution is 2.14. The number of nitrogens with two attached hydrogens (primary N) is 1. The van der Waals surface area contributed by atoms with Gasteiger partial charge in [0.1, 0.15) is 6.04 Å². The lowest BCUT2D eigenvalue weighted by Gasteiger charge is -2.06. The molecule has 0 amide bonds. The van der Waals surface area contributed by atoms with E-state index in [1.807, 2.05) is 0 Å². The van der Waals surface area contributed by atoms with Crippen molar-refractivity contribution in [2.45, 2.75) is 116 Å². The van der Waals surface area contributed by atoms with E-state index in [4.69, 9.17) is 10.8 Å². The van der Waals surface area contributed by atoms with Crippen molar-refractivity contribution < 1.29 is 9.90 Å². The lowest BCUT2D eigenvalue weighted by atomic mass is 10.0. The zero-order chi connectivity index (χ0) is 18.6. The zero-order valence-corrected chi connectivity index (χ0v) is 17.5. The fraction of sp³-hybridized carbons (Fsp3) is 0.952. The maximum absolute atomic E-state index is 10.6. The Morgan fingerprint density at radius 2 is 1.12 bits per heavy atom. The molecule has 3 N–H and O–H groups in total. The maximum atomic E-state index is 10.6. The van der Waals surface area contributed by atoms with Crippen LogP contribution in [0.3, 0.4) is 0 Å². The van der Waals surface area contributed by atoms with Gasteiger partial charge < -0.3 is 10.8 Å². The molecule has 0 aromatic carbocycles. The molecule has 0 aromatic rings. The summed E-state index contributed by atoms with van der Waals surface area (Å²) in [6.07, 6.45) is 22.2. The van der Waals surface area contributed by atoms with Crippen LogP contribution < -0.4 is 5.73 Å². The first kappa shape index (κ1) is 24.8. The summed E-state index contributed by atoms with van der Waals surface area (Å²) >= 11 is 1.67. The van der Waals surface area contributed by atoms with Crippen LogP contribution in [0.5, 0.6) is 0 Å². The number of thioether (sulfide) groups is 1. The van der Waals surface area contributed by atoms with Crippen LogP contribution in [0.15, 0.2) is 0 Å². The van der Waals surface area contributed by atoms with Crippen molar-refractivity contribution in [3.63, 3.8) is 0 Å². The van der Waals surface area contributed by atoms with E-state index in [9.17, 15) is 4.79 Å². The molecular weight excluding hydrogens is 330 g/mol. The fourth-order valence-electron chi connectivity index (χ4n) is 3.03. The number of carboxylic acid groups (broad SMARTS) is 1. The second-order valence-electron chi connectivity index (χ2n) is 7.32. The first-order valence-electron chi connectivity index (χ1n) is 10.7. The molecule has 4 heteroatoms. The Balaban J connectivity index is 3.04. The van der Waals surface area contributed by atoms with Gasteiger partial charge in [-0.25, -0.2) is 0 Å². The van der Waals surface area contributed by atoms with Crippen molar-refractivity contribution in [3.8, 4) is 0 Å². The minimum absolute atomic E-state index is 0.536. The number of aliphatic carboxylic acids is 1. The molecule has 0 spiro atoms. The van der Waals surface area contributed by atoms with Gasteiger partial charge in [-0.3, -0.25) is 4.79 Å². The first-order valence-corrected chi connectivity index (χ1v) is 11.9. The van der Waals surface area contributed by atoms with E-state index in [2.05, 4.69) is 6.92 Å². The van der Waals surface area contributed by atoms with Gasteiger partial charge in [0, 0.05) is 5.75 Å². The van der Waals surface area contributed by atoms with Crippen LogP contribution in [0.2, 0.25) is 0 Å². The summed E-state index contributed by atoms with van der Waals surface area (Å²) in [5.41, 5.74) is 5.47. The summed E-state index contributed by atoms with van der Waals surface area (Å²) < 4.78 is 0. The number of rotatable bonds is 20. The number of unbranched alkanes of at least 4 members (excludes halogenated alkanes) is 15. The standard InChI is InChI=1S/C21H43NO2S/c1-2-3-4-5-6-7-8-9-10-11-12-13-14-15-16-17-18-25-19-20(22)21(23)24/h20H,2-19,22H2,1H3,(H,23,24). The van der Waals surface area contributed by atoms with Gasteiger partial charge in [0.25, 0.3) is 0 Å². The number of carbonyl (C=O) groups is 1. The molecule has 150 valence electrons. The molecule has 0 aliphatic heterocycles. The van der Waals surface area contributed by atoms with Crippen LogP contribution in [0, 0.1) is 0 Å². The van der Waals surface area contributed by atoms with E-state index in [0.717, 1.165) is 5.75 Å². The SMILES string of the molecule is CCCCCCCCCCCCCCCCCCSCC(N)C(=O)O. The Morgan fingerprint density at radius 1 is 0.760 bits per heavy atom. The molecule has 0 radical (unpaired) electrons. The van der Waals surface area contributed by atoms with Crippen molar-refractivity contribution >= 4 is 17.7 Å². The fourth-order valence-corrected chi connectivity index (χ4v) is 4.01. The average Bonchev–Trinajstić information content (AvgIpc) is 2.60. The highest BCUT2D eigenvalue weighted by atomic mass is 32.2. The topological polar surface area (TPSA) is 63.3 Å². The monoisotopic (exact) mass is 373 g/mol. The van der Waals surface area contributed by atoms with Gasteiger partial charge in [-0.1, -0.05) is 103 Å². The molecule has 0 rings (SSSR count). The van der Waals surface area contributed by atoms with Crippen molar-refractivity contribution in [3.05, 3.63) is 0 Å². The minimum Gasteiger partial charge on any atom is -0.480 e. The molecule has 0 aliphatic carbocycles. The Hall–Kier alpha value is -0.220. The van der Waals surface area contributed by atoms with Gasteiger partial charge in [0.05, 0.1) is 0 Å². The highest BCUT2D eigenvalue weighted by molar-refractivity contribution is 7.99. The second kappa shape index (κ2) is 20.1. The van der Waals surface area contributed by atoms with Crippen LogP contribution in [-0.2, 0) is 4.79 Å². The van der Waals surface area contributed by atoms with E-state index < -0.39 is 12.0 Å². The molecule has 1 unspecified atom stereocenters. The molecule has 0 saturated heterocycles. The Bertz CT molecular complexity index is 287. The maximum Gasteiger partial charge on any atom is 0.321 e. The van der Waals surface area contributed by atoms with Crippen molar-refractivity contribution in [1.29, 1.82) is 0 Å². The zero-order valence-electron chi connectivity index (χ0n) is 16.6. The quantitative estimate of drug-likeness (QED) is 0.243. The number of carboxylic acids is 1. The van der Waals surface area contributed by atoms with Crippen molar-refractivity contribution in [2.24, 2.45) is 5.73 Å². The second-order valence-corrected chi connectivity index (χ2v) is 8.47. The smallest absolute Gasteiger partial charge is 0.321 e. The van der Waals surface area contributed by atoms with Crippen LogP contribution in [0.4, 0.5) is 0 Å². The van der Waals surface area contributed by atoms with E-state index in [0.29, 0.717) is 5.75 Å². The molecule has 0 bridgehead atoms. The van der Waals surface area contributed by atoms with Gasteiger partial charge in [-0.05, 0) is 12.2 Å². The molecule has 0 heterocycles. The highest BCUT2D eigenvalue weighted by Gasteiger charge is 2.10. The largest absolute Gasteiger partial charge is 0.480 e. The predicted molar refractivity (Wildman–Crippen MR) is 112 cm³/mol. The van der Waals surface area contributed by atoms with E-state index >= 15 is 0 Å². The lowest BCUT2D eigenvalue weighted by molar-refractivity contribution is -0.137. The van der Waals surface area contributed by atoms with E-state index in [1.165, 1.54) is 103 Å². The third-order valence-electron chi connectivity index (χ3n) is 4.76. The summed E-state index contributed by atoms with van der Waals surface area (Å²) in [5, 5.41) is 8.69.